The van der Waals surface area contributed by atoms with Crippen molar-refractivity contribution in [3.05, 3.63) is 71.3 Å². The first-order valence-electron chi connectivity index (χ1n) is 5.56. The van der Waals surface area contributed by atoms with E-state index in [2.05, 4.69) is 36.4 Å². The third kappa shape index (κ3) is 1.36. The lowest BCUT2D eigenvalue weighted by Crippen LogP contribution is -2.06. The molecule has 0 spiro atoms. The van der Waals surface area contributed by atoms with Crippen molar-refractivity contribution < 1.29 is 0 Å². The summed E-state index contributed by atoms with van der Waals surface area (Å²) in [5, 5.41) is 8.13. The molecule has 0 heterocycles. The zero-order valence-corrected chi connectivity index (χ0v) is 8.98. The van der Waals surface area contributed by atoms with Crippen LogP contribution in [0.2, 0.25) is 0 Å². The molecule has 1 heteroatoms. The standard InChI is InChI=1S/C15H13N/c16-14-10-12-8-4-5-9-13(12)15(14)11-6-2-1-3-7-11/h1-9,15-16H,10H2. The van der Waals surface area contributed by atoms with E-state index in [1.165, 1.54) is 16.7 Å². The van der Waals surface area contributed by atoms with Crippen molar-refractivity contribution in [1.82, 2.24) is 0 Å². The molecule has 0 saturated carbocycles. The van der Waals surface area contributed by atoms with Crippen molar-refractivity contribution in [2.45, 2.75) is 12.3 Å². The topological polar surface area (TPSA) is 23.9 Å². The summed E-state index contributed by atoms with van der Waals surface area (Å²) >= 11 is 0. The molecule has 0 aromatic heterocycles. The van der Waals surface area contributed by atoms with Gasteiger partial charge < -0.3 is 5.41 Å². The van der Waals surface area contributed by atoms with Gasteiger partial charge in [0.15, 0.2) is 0 Å². The summed E-state index contributed by atoms with van der Waals surface area (Å²) in [5.74, 6) is 0.178. The second-order valence-electron chi connectivity index (χ2n) is 4.24. The summed E-state index contributed by atoms with van der Waals surface area (Å²) in [5.41, 5.74) is 4.66. The molecule has 0 aliphatic heterocycles. The normalized spacial score (nSPS) is 18.5. The predicted molar refractivity (Wildman–Crippen MR) is 66.2 cm³/mol. The molecule has 1 N–H and O–H groups in total. The minimum Gasteiger partial charge on any atom is -0.308 e. The van der Waals surface area contributed by atoms with Crippen LogP contribution in [0.4, 0.5) is 0 Å². The van der Waals surface area contributed by atoms with Gasteiger partial charge in [-0.05, 0) is 16.7 Å². The predicted octanol–water partition coefficient (Wildman–Crippen LogP) is 3.39. The number of rotatable bonds is 1. The Morgan fingerprint density at radius 2 is 1.56 bits per heavy atom. The molecule has 0 fully saturated rings. The fraction of sp³-hybridized carbons (Fsp3) is 0.133. The number of nitrogens with one attached hydrogen (secondary N) is 1. The number of hydrogen-bond acceptors (Lipinski definition) is 1. The van der Waals surface area contributed by atoms with Crippen molar-refractivity contribution in [3.63, 3.8) is 0 Å². The summed E-state index contributed by atoms with van der Waals surface area (Å²) in [6, 6.07) is 18.7. The molecule has 0 amide bonds. The number of benzene rings is 2. The van der Waals surface area contributed by atoms with Crippen LogP contribution >= 0.6 is 0 Å². The highest BCUT2D eigenvalue weighted by Gasteiger charge is 2.27. The van der Waals surface area contributed by atoms with Gasteiger partial charge in [0, 0.05) is 18.1 Å². The van der Waals surface area contributed by atoms with Crippen LogP contribution in [0, 0.1) is 5.41 Å². The minimum atomic E-state index is 0.178. The molecular weight excluding hydrogens is 194 g/mol. The third-order valence-electron chi connectivity index (χ3n) is 3.23. The van der Waals surface area contributed by atoms with E-state index in [-0.39, 0.29) is 5.92 Å². The molecule has 3 rings (SSSR count). The van der Waals surface area contributed by atoms with E-state index >= 15 is 0 Å². The summed E-state index contributed by atoms with van der Waals surface area (Å²) in [4.78, 5) is 0. The first-order chi connectivity index (χ1) is 7.86. The highest BCUT2D eigenvalue weighted by atomic mass is 14.5. The fourth-order valence-corrected chi connectivity index (χ4v) is 2.50. The summed E-state index contributed by atoms with van der Waals surface area (Å²) in [6.07, 6.45) is 0.801. The first kappa shape index (κ1) is 9.34. The molecule has 16 heavy (non-hydrogen) atoms. The Kier molecular flexibility index (Phi) is 2.10. The first-order valence-corrected chi connectivity index (χ1v) is 5.56. The third-order valence-corrected chi connectivity index (χ3v) is 3.23. The van der Waals surface area contributed by atoms with Crippen molar-refractivity contribution in [3.8, 4) is 0 Å². The number of hydrogen-bond donors (Lipinski definition) is 1. The van der Waals surface area contributed by atoms with Crippen molar-refractivity contribution >= 4 is 5.71 Å². The quantitative estimate of drug-likeness (QED) is 0.741. The van der Waals surface area contributed by atoms with Gasteiger partial charge in [0.1, 0.15) is 0 Å². The molecule has 2 aromatic rings. The lowest BCUT2D eigenvalue weighted by atomic mass is 9.92. The van der Waals surface area contributed by atoms with Gasteiger partial charge in [-0.2, -0.15) is 0 Å². The summed E-state index contributed by atoms with van der Waals surface area (Å²) in [7, 11) is 0. The summed E-state index contributed by atoms with van der Waals surface area (Å²) in [6.45, 7) is 0. The Bertz CT molecular complexity index is 528. The SMILES string of the molecule is N=C1Cc2ccccc2C1c1ccccc1. The molecule has 1 aliphatic carbocycles. The Hall–Kier alpha value is -1.89. The fourth-order valence-electron chi connectivity index (χ4n) is 2.50. The van der Waals surface area contributed by atoms with E-state index in [9.17, 15) is 0 Å². The van der Waals surface area contributed by atoms with Crippen LogP contribution < -0.4 is 0 Å². The van der Waals surface area contributed by atoms with Gasteiger partial charge in [0.05, 0.1) is 0 Å². The second kappa shape index (κ2) is 3.60. The smallest absolute Gasteiger partial charge is 0.0472 e. The molecule has 1 nitrogen and oxygen atoms in total. The Morgan fingerprint density at radius 3 is 2.38 bits per heavy atom. The zero-order chi connectivity index (χ0) is 11.0. The Labute approximate surface area is 95.3 Å². The highest BCUT2D eigenvalue weighted by molar-refractivity contribution is 5.97. The molecule has 0 saturated heterocycles. The van der Waals surface area contributed by atoms with Gasteiger partial charge in [0.2, 0.25) is 0 Å². The summed E-state index contributed by atoms with van der Waals surface area (Å²) < 4.78 is 0. The van der Waals surface area contributed by atoms with Crippen LogP contribution in [-0.2, 0) is 6.42 Å². The molecular formula is C15H13N. The van der Waals surface area contributed by atoms with E-state index in [0.29, 0.717) is 0 Å². The maximum Gasteiger partial charge on any atom is 0.0472 e. The Morgan fingerprint density at radius 1 is 0.875 bits per heavy atom. The molecule has 0 bridgehead atoms. The molecule has 1 unspecified atom stereocenters. The van der Waals surface area contributed by atoms with Gasteiger partial charge in [0.25, 0.3) is 0 Å². The lowest BCUT2D eigenvalue weighted by Gasteiger charge is -2.12. The van der Waals surface area contributed by atoms with Gasteiger partial charge in [-0.15, -0.1) is 0 Å². The highest BCUT2D eigenvalue weighted by Crippen LogP contribution is 2.35. The molecule has 1 atom stereocenters. The second-order valence-corrected chi connectivity index (χ2v) is 4.24. The van der Waals surface area contributed by atoms with Crippen molar-refractivity contribution in [2.75, 3.05) is 0 Å². The lowest BCUT2D eigenvalue weighted by molar-refractivity contribution is 1.09. The van der Waals surface area contributed by atoms with Crippen LogP contribution in [0.5, 0.6) is 0 Å². The maximum absolute atomic E-state index is 8.13. The van der Waals surface area contributed by atoms with E-state index < -0.39 is 0 Å². The molecule has 0 radical (unpaired) electrons. The van der Waals surface area contributed by atoms with Crippen LogP contribution in [0.25, 0.3) is 0 Å². The van der Waals surface area contributed by atoms with E-state index in [0.717, 1.165) is 12.1 Å². The Balaban J connectivity index is 2.13. The van der Waals surface area contributed by atoms with Crippen LogP contribution in [0.15, 0.2) is 54.6 Å². The van der Waals surface area contributed by atoms with Gasteiger partial charge >= 0.3 is 0 Å². The van der Waals surface area contributed by atoms with E-state index in [1.807, 2.05) is 18.2 Å². The van der Waals surface area contributed by atoms with Gasteiger partial charge in [-0.3, -0.25) is 0 Å². The van der Waals surface area contributed by atoms with E-state index in [1.54, 1.807) is 0 Å². The van der Waals surface area contributed by atoms with Gasteiger partial charge in [-0.25, -0.2) is 0 Å². The van der Waals surface area contributed by atoms with Crippen LogP contribution in [-0.4, -0.2) is 5.71 Å². The average molecular weight is 207 g/mol. The van der Waals surface area contributed by atoms with Gasteiger partial charge in [-0.1, -0.05) is 54.6 Å². The molecule has 78 valence electrons. The zero-order valence-electron chi connectivity index (χ0n) is 8.98. The molecule has 2 aromatic carbocycles. The minimum absolute atomic E-state index is 0.178. The van der Waals surface area contributed by atoms with Crippen LogP contribution in [0.1, 0.15) is 22.6 Å². The maximum atomic E-state index is 8.13. The largest absolute Gasteiger partial charge is 0.308 e. The number of fused-ring (bicyclic) bond motifs is 1. The van der Waals surface area contributed by atoms with Crippen molar-refractivity contribution in [1.29, 1.82) is 5.41 Å². The van der Waals surface area contributed by atoms with Crippen molar-refractivity contribution in [2.24, 2.45) is 0 Å². The average Bonchev–Trinajstić information content (AvgIpc) is 2.66. The monoisotopic (exact) mass is 207 g/mol. The molecule has 1 aliphatic rings. The van der Waals surface area contributed by atoms with Crippen LogP contribution in [0.3, 0.4) is 0 Å². The van der Waals surface area contributed by atoms with E-state index in [4.69, 9.17) is 5.41 Å².